The number of rotatable bonds is 3. The van der Waals surface area contributed by atoms with Gasteiger partial charge in [-0.15, -0.1) is 0 Å². The second kappa shape index (κ2) is 6.05. The molecule has 0 unspecified atom stereocenters. The zero-order chi connectivity index (χ0) is 16.6. The molecule has 6 nitrogen and oxygen atoms in total. The monoisotopic (exact) mass is 351 g/mol. The molecule has 0 bridgehead atoms. The highest BCUT2D eigenvalue weighted by Gasteiger charge is 2.21. The molecule has 0 saturated carbocycles. The molecular formula is C14H11ClFN5OS. The van der Waals surface area contributed by atoms with Gasteiger partial charge in [0.25, 0.3) is 5.91 Å². The Morgan fingerprint density at radius 1 is 1.39 bits per heavy atom. The predicted octanol–water partition coefficient (Wildman–Crippen LogP) is 3.01. The fourth-order valence-corrected chi connectivity index (χ4v) is 3.25. The maximum absolute atomic E-state index is 13.3. The van der Waals surface area contributed by atoms with Crippen LogP contribution in [0.3, 0.4) is 0 Å². The molecule has 3 rings (SSSR count). The Bertz CT molecular complexity index is 878. The Hall–Kier alpha value is -2.32. The minimum atomic E-state index is -0.463. The highest BCUT2D eigenvalue weighted by molar-refractivity contribution is 7.19. The molecular weight excluding hydrogens is 341 g/mol. The van der Waals surface area contributed by atoms with Crippen LogP contribution in [0.5, 0.6) is 0 Å². The molecule has 3 aromatic heterocycles. The Balaban J connectivity index is 1.93. The molecule has 0 atom stereocenters. The van der Waals surface area contributed by atoms with Crippen molar-refractivity contribution in [3.05, 3.63) is 47.4 Å². The lowest BCUT2D eigenvalue weighted by atomic mass is 10.3. The zero-order valence-corrected chi connectivity index (χ0v) is 13.8. The lowest BCUT2D eigenvalue weighted by Gasteiger charge is -2.13. The van der Waals surface area contributed by atoms with E-state index in [0.717, 1.165) is 6.20 Å². The summed E-state index contributed by atoms with van der Waals surface area (Å²) in [4.78, 5) is 21.8. The number of halogens is 2. The van der Waals surface area contributed by atoms with E-state index in [-0.39, 0.29) is 11.1 Å². The van der Waals surface area contributed by atoms with Crippen molar-refractivity contribution < 1.29 is 9.18 Å². The average Bonchev–Trinajstić information content (AvgIpc) is 3.12. The minimum Gasteiger partial charge on any atom is -0.300 e. The molecule has 118 valence electrons. The number of carbonyl (C=O) groups is 1. The van der Waals surface area contributed by atoms with Gasteiger partial charge in [-0.1, -0.05) is 22.9 Å². The average molecular weight is 352 g/mol. The fourth-order valence-electron chi connectivity index (χ4n) is 1.97. The molecule has 0 aliphatic carbocycles. The fraction of sp³-hybridized carbons (Fsp3) is 0.143. The van der Waals surface area contributed by atoms with Crippen LogP contribution in [0.15, 0.2) is 30.9 Å². The van der Waals surface area contributed by atoms with Crippen molar-refractivity contribution in [3.63, 3.8) is 0 Å². The Labute approximate surface area is 140 Å². The van der Waals surface area contributed by atoms with Gasteiger partial charge in [-0.2, -0.15) is 5.10 Å². The molecule has 3 aromatic rings. The first kappa shape index (κ1) is 15.6. The van der Waals surface area contributed by atoms with E-state index in [2.05, 4.69) is 15.1 Å². The molecule has 3 heterocycles. The molecule has 1 amide bonds. The summed E-state index contributed by atoms with van der Waals surface area (Å²) in [5.41, 5.74) is 0.943. The number of hydrogen-bond acceptors (Lipinski definition) is 5. The molecule has 23 heavy (non-hydrogen) atoms. The number of aromatic nitrogens is 4. The van der Waals surface area contributed by atoms with E-state index in [0.29, 0.717) is 21.1 Å². The van der Waals surface area contributed by atoms with Crippen LogP contribution in [0, 0.1) is 5.82 Å². The Morgan fingerprint density at radius 2 is 2.17 bits per heavy atom. The van der Waals surface area contributed by atoms with Crippen LogP contribution in [-0.2, 0) is 7.05 Å². The molecule has 0 aromatic carbocycles. The van der Waals surface area contributed by atoms with E-state index >= 15 is 0 Å². The predicted molar refractivity (Wildman–Crippen MR) is 86.3 cm³/mol. The quantitative estimate of drug-likeness (QED) is 0.727. The van der Waals surface area contributed by atoms with Gasteiger partial charge in [-0.3, -0.25) is 14.5 Å². The van der Waals surface area contributed by atoms with Crippen LogP contribution >= 0.6 is 22.9 Å². The molecule has 0 fully saturated rings. The summed E-state index contributed by atoms with van der Waals surface area (Å²) in [7, 11) is 3.33. The first-order valence-corrected chi connectivity index (χ1v) is 7.69. The van der Waals surface area contributed by atoms with E-state index < -0.39 is 5.82 Å². The van der Waals surface area contributed by atoms with E-state index in [1.54, 1.807) is 25.0 Å². The third kappa shape index (κ3) is 3.08. The largest absolute Gasteiger partial charge is 0.300 e. The third-order valence-corrected chi connectivity index (χ3v) is 4.64. The van der Waals surface area contributed by atoms with Crippen molar-refractivity contribution in [3.8, 4) is 10.6 Å². The van der Waals surface area contributed by atoms with E-state index in [1.165, 1.54) is 34.7 Å². The molecule has 0 spiro atoms. The van der Waals surface area contributed by atoms with Crippen molar-refractivity contribution in [2.45, 2.75) is 0 Å². The topological polar surface area (TPSA) is 63.9 Å². The maximum atomic E-state index is 13.3. The molecule has 0 aliphatic rings. The van der Waals surface area contributed by atoms with E-state index in [4.69, 9.17) is 11.6 Å². The van der Waals surface area contributed by atoms with Gasteiger partial charge in [0.2, 0.25) is 0 Å². The lowest BCUT2D eigenvalue weighted by Crippen LogP contribution is -2.25. The normalized spacial score (nSPS) is 10.8. The summed E-state index contributed by atoms with van der Waals surface area (Å²) < 4.78 is 14.8. The van der Waals surface area contributed by atoms with Gasteiger partial charge >= 0.3 is 0 Å². The summed E-state index contributed by atoms with van der Waals surface area (Å²) in [6.45, 7) is 0. The number of pyridine rings is 1. The number of amides is 1. The Morgan fingerprint density at radius 3 is 2.83 bits per heavy atom. The van der Waals surface area contributed by atoms with Crippen molar-refractivity contribution in [2.24, 2.45) is 7.05 Å². The number of hydrogen-bond donors (Lipinski definition) is 0. The van der Waals surface area contributed by atoms with E-state index in [1.807, 2.05) is 0 Å². The molecule has 9 heteroatoms. The van der Waals surface area contributed by atoms with Gasteiger partial charge in [0.05, 0.1) is 18.0 Å². The second-order valence-electron chi connectivity index (χ2n) is 4.77. The lowest BCUT2D eigenvalue weighted by molar-refractivity contribution is 0.0993. The van der Waals surface area contributed by atoms with Gasteiger partial charge in [0, 0.05) is 32.1 Å². The number of nitrogens with zero attached hydrogens (tertiary/aromatic N) is 5. The Kier molecular flexibility index (Phi) is 4.10. The van der Waals surface area contributed by atoms with Crippen LogP contribution in [-0.4, -0.2) is 32.7 Å². The SMILES string of the molecule is CN(C(=O)c1cnn(C)c1)c1sc(-c2cncc(F)c2)nc1Cl. The summed E-state index contributed by atoms with van der Waals surface area (Å²) in [5.74, 6) is -0.720. The van der Waals surface area contributed by atoms with Gasteiger partial charge < -0.3 is 4.90 Å². The number of anilines is 1. The first-order chi connectivity index (χ1) is 11.0. The van der Waals surface area contributed by atoms with Crippen molar-refractivity contribution in [2.75, 3.05) is 11.9 Å². The second-order valence-corrected chi connectivity index (χ2v) is 6.11. The van der Waals surface area contributed by atoms with Crippen LogP contribution in [0.2, 0.25) is 5.15 Å². The maximum Gasteiger partial charge on any atom is 0.261 e. The van der Waals surface area contributed by atoms with Gasteiger partial charge in [0.15, 0.2) is 5.15 Å². The van der Waals surface area contributed by atoms with E-state index in [9.17, 15) is 9.18 Å². The standard InChI is InChI=1S/C14H11ClFN5OS/c1-20-7-9(5-18-20)13(22)21(2)14-11(15)19-12(23-14)8-3-10(16)6-17-4-8/h3-7H,1-2H3. The van der Waals surface area contributed by atoms with Gasteiger partial charge in [-0.05, 0) is 6.07 Å². The minimum absolute atomic E-state index is 0.175. The van der Waals surface area contributed by atoms with Crippen LogP contribution < -0.4 is 4.90 Å². The summed E-state index contributed by atoms with van der Waals surface area (Å²) >= 11 is 7.32. The van der Waals surface area contributed by atoms with Gasteiger partial charge in [0.1, 0.15) is 15.8 Å². The molecule has 0 aliphatic heterocycles. The van der Waals surface area contributed by atoms with Crippen LogP contribution in [0.4, 0.5) is 9.39 Å². The zero-order valence-electron chi connectivity index (χ0n) is 12.2. The molecule has 0 saturated heterocycles. The number of thiazole rings is 1. The van der Waals surface area contributed by atoms with Crippen LogP contribution in [0.1, 0.15) is 10.4 Å². The molecule has 0 radical (unpaired) electrons. The highest BCUT2D eigenvalue weighted by Crippen LogP contribution is 2.37. The molecule has 0 N–H and O–H groups in total. The number of carbonyl (C=O) groups excluding carboxylic acids is 1. The summed E-state index contributed by atoms with van der Waals surface area (Å²) in [6.07, 6.45) is 5.69. The smallest absolute Gasteiger partial charge is 0.261 e. The number of aryl methyl sites for hydroxylation is 1. The summed E-state index contributed by atoms with van der Waals surface area (Å²) in [5, 5.41) is 5.11. The third-order valence-electron chi connectivity index (χ3n) is 3.08. The first-order valence-electron chi connectivity index (χ1n) is 6.49. The van der Waals surface area contributed by atoms with Crippen molar-refractivity contribution in [1.82, 2.24) is 19.7 Å². The van der Waals surface area contributed by atoms with Crippen LogP contribution in [0.25, 0.3) is 10.6 Å². The van der Waals surface area contributed by atoms with Crippen molar-refractivity contribution in [1.29, 1.82) is 0 Å². The van der Waals surface area contributed by atoms with Crippen molar-refractivity contribution >= 4 is 33.8 Å². The summed E-state index contributed by atoms with van der Waals surface area (Å²) in [6, 6.07) is 1.31. The van der Waals surface area contributed by atoms with Gasteiger partial charge in [-0.25, -0.2) is 9.37 Å². The highest BCUT2D eigenvalue weighted by atomic mass is 35.5.